The fourth-order valence-corrected chi connectivity index (χ4v) is 3.30. The van der Waals surface area contributed by atoms with E-state index in [-0.39, 0.29) is 23.8 Å². The second kappa shape index (κ2) is 6.83. The van der Waals surface area contributed by atoms with Crippen LogP contribution in [0.25, 0.3) is 11.3 Å². The highest BCUT2D eigenvalue weighted by Crippen LogP contribution is 2.36. The Morgan fingerprint density at radius 3 is 2.75 bits per heavy atom. The number of thiazole rings is 1. The third kappa shape index (κ3) is 3.25. The van der Waals surface area contributed by atoms with Gasteiger partial charge in [0.05, 0.1) is 5.69 Å². The van der Waals surface area contributed by atoms with Gasteiger partial charge in [-0.05, 0) is 37.6 Å². The lowest BCUT2D eigenvalue weighted by Gasteiger charge is -2.05. The summed E-state index contributed by atoms with van der Waals surface area (Å²) in [6, 6.07) is 12.2. The van der Waals surface area contributed by atoms with Crippen LogP contribution in [-0.4, -0.2) is 11.8 Å². The lowest BCUT2D eigenvalue weighted by molar-refractivity contribution is 0.174. The van der Waals surface area contributed by atoms with Crippen LogP contribution in [-0.2, 0) is 0 Å². The zero-order valence-corrected chi connectivity index (χ0v) is 15.9. The van der Waals surface area contributed by atoms with E-state index in [1.54, 1.807) is 11.3 Å². The molecule has 2 heterocycles. The monoisotopic (exact) mass is 404 g/mol. The Labute approximate surface area is 155 Å². The summed E-state index contributed by atoms with van der Waals surface area (Å²) < 4.78 is 10.7. The van der Waals surface area contributed by atoms with E-state index < -0.39 is 0 Å². The summed E-state index contributed by atoms with van der Waals surface area (Å²) >= 11 is 1.59. The van der Waals surface area contributed by atoms with Crippen molar-refractivity contribution < 1.29 is 9.47 Å². The maximum atomic E-state index is 5.40. The minimum absolute atomic E-state index is 0. The molecule has 0 amide bonds. The highest BCUT2D eigenvalue weighted by atomic mass is 79.9. The number of hydrogen-bond acceptors (Lipinski definition) is 5. The molecule has 0 saturated carbocycles. The van der Waals surface area contributed by atoms with Crippen LogP contribution in [0.2, 0.25) is 0 Å². The number of halogens is 1. The Morgan fingerprint density at radius 2 is 1.88 bits per heavy atom. The molecule has 6 heteroatoms. The molecule has 0 spiro atoms. The van der Waals surface area contributed by atoms with Crippen molar-refractivity contribution in [3.05, 3.63) is 52.9 Å². The number of rotatable bonds is 3. The van der Waals surface area contributed by atoms with Crippen LogP contribution < -0.4 is 14.8 Å². The average molecular weight is 405 g/mol. The maximum absolute atomic E-state index is 5.40. The van der Waals surface area contributed by atoms with Gasteiger partial charge >= 0.3 is 0 Å². The maximum Gasteiger partial charge on any atom is 0.231 e. The van der Waals surface area contributed by atoms with Crippen molar-refractivity contribution in [2.75, 3.05) is 12.1 Å². The third-order valence-corrected chi connectivity index (χ3v) is 4.55. The first kappa shape index (κ1) is 16.8. The van der Waals surface area contributed by atoms with Crippen LogP contribution in [0, 0.1) is 13.8 Å². The van der Waals surface area contributed by atoms with E-state index in [9.17, 15) is 0 Å². The third-order valence-electron chi connectivity index (χ3n) is 3.80. The molecule has 1 N–H and O–H groups in total. The van der Waals surface area contributed by atoms with E-state index in [4.69, 9.17) is 14.5 Å². The first-order valence-electron chi connectivity index (χ1n) is 7.39. The molecule has 124 valence electrons. The van der Waals surface area contributed by atoms with E-state index in [0.717, 1.165) is 28.0 Å². The highest BCUT2D eigenvalue weighted by molar-refractivity contribution is 8.93. The summed E-state index contributed by atoms with van der Waals surface area (Å²) in [6.45, 7) is 4.49. The Morgan fingerprint density at radius 1 is 1.04 bits per heavy atom. The van der Waals surface area contributed by atoms with Crippen LogP contribution in [0.3, 0.4) is 0 Å². The number of anilines is 2. The fourth-order valence-electron chi connectivity index (χ4n) is 2.56. The minimum atomic E-state index is 0. The molecule has 24 heavy (non-hydrogen) atoms. The molecule has 0 aliphatic carbocycles. The molecule has 0 bridgehead atoms. The van der Waals surface area contributed by atoms with Gasteiger partial charge < -0.3 is 14.8 Å². The van der Waals surface area contributed by atoms with Gasteiger partial charge in [-0.15, -0.1) is 28.3 Å². The molecule has 3 aromatic rings. The molecule has 0 atom stereocenters. The van der Waals surface area contributed by atoms with E-state index in [1.807, 2.05) is 18.2 Å². The van der Waals surface area contributed by atoms with E-state index >= 15 is 0 Å². The largest absolute Gasteiger partial charge is 0.454 e. The van der Waals surface area contributed by atoms with Crippen LogP contribution in [0.4, 0.5) is 10.8 Å². The van der Waals surface area contributed by atoms with Gasteiger partial charge in [0, 0.05) is 22.7 Å². The summed E-state index contributed by atoms with van der Waals surface area (Å²) in [7, 11) is 0. The van der Waals surface area contributed by atoms with Gasteiger partial charge in [-0.25, -0.2) is 4.98 Å². The molecular weight excluding hydrogens is 388 g/mol. The molecule has 0 fully saturated rings. The second-order valence-electron chi connectivity index (χ2n) is 5.55. The summed E-state index contributed by atoms with van der Waals surface area (Å²) in [5.41, 5.74) is 5.59. The van der Waals surface area contributed by atoms with Crippen molar-refractivity contribution in [2.24, 2.45) is 0 Å². The smallest absolute Gasteiger partial charge is 0.231 e. The molecule has 2 aromatic carbocycles. The van der Waals surface area contributed by atoms with Crippen molar-refractivity contribution in [2.45, 2.75) is 13.8 Å². The quantitative estimate of drug-likeness (QED) is 0.627. The van der Waals surface area contributed by atoms with E-state index in [0.29, 0.717) is 0 Å². The second-order valence-corrected chi connectivity index (χ2v) is 6.41. The van der Waals surface area contributed by atoms with E-state index in [2.05, 4.69) is 42.7 Å². The molecule has 1 aliphatic rings. The predicted molar refractivity (Wildman–Crippen MR) is 103 cm³/mol. The number of hydrogen-bond donors (Lipinski definition) is 1. The van der Waals surface area contributed by atoms with Crippen molar-refractivity contribution in [1.82, 2.24) is 4.98 Å². The zero-order valence-electron chi connectivity index (χ0n) is 13.3. The van der Waals surface area contributed by atoms with Crippen LogP contribution >= 0.6 is 28.3 Å². The summed E-state index contributed by atoms with van der Waals surface area (Å²) in [5, 5.41) is 6.27. The van der Waals surface area contributed by atoms with E-state index in [1.165, 1.54) is 16.7 Å². The molecule has 1 aromatic heterocycles. The standard InChI is InChI=1S/C18H16N2O2S.BrH/c1-11-3-4-12(2)14(7-11)15-9-23-18(20-15)19-13-5-6-16-17(8-13)22-10-21-16;/h3-9H,10H2,1-2H3,(H,19,20);1H. The molecular formula is C18H17BrN2O2S. The summed E-state index contributed by atoms with van der Waals surface area (Å²) in [4.78, 5) is 4.71. The minimum Gasteiger partial charge on any atom is -0.454 e. The molecule has 0 radical (unpaired) electrons. The van der Waals surface area contributed by atoms with Crippen LogP contribution in [0.15, 0.2) is 41.8 Å². The van der Waals surface area contributed by atoms with Gasteiger partial charge in [0.1, 0.15) is 0 Å². The topological polar surface area (TPSA) is 43.4 Å². The van der Waals surface area contributed by atoms with Crippen LogP contribution in [0.1, 0.15) is 11.1 Å². The van der Waals surface area contributed by atoms with Crippen molar-refractivity contribution in [1.29, 1.82) is 0 Å². The van der Waals surface area contributed by atoms with Gasteiger partial charge in [0.25, 0.3) is 0 Å². The van der Waals surface area contributed by atoms with Crippen molar-refractivity contribution >= 4 is 39.1 Å². The Balaban J connectivity index is 0.00000169. The number of aryl methyl sites for hydroxylation is 2. The lowest BCUT2D eigenvalue weighted by Crippen LogP contribution is -1.93. The van der Waals surface area contributed by atoms with Crippen LogP contribution in [0.5, 0.6) is 11.5 Å². The number of nitrogens with zero attached hydrogens (tertiary/aromatic N) is 1. The molecule has 4 nitrogen and oxygen atoms in total. The van der Waals surface area contributed by atoms with Gasteiger partial charge in [0.2, 0.25) is 6.79 Å². The summed E-state index contributed by atoms with van der Waals surface area (Å²) in [5.74, 6) is 1.55. The Hall–Kier alpha value is -2.05. The Kier molecular flexibility index (Phi) is 4.78. The number of nitrogens with one attached hydrogen (secondary N) is 1. The zero-order chi connectivity index (χ0) is 15.8. The van der Waals surface area contributed by atoms with Crippen molar-refractivity contribution in [3.63, 3.8) is 0 Å². The number of ether oxygens (including phenoxy) is 2. The molecule has 0 unspecified atom stereocenters. The number of aromatic nitrogens is 1. The van der Waals surface area contributed by atoms with Gasteiger partial charge in [0.15, 0.2) is 16.6 Å². The molecule has 4 rings (SSSR count). The number of benzene rings is 2. The SMILES string of the molecule is Br.Cc1ccc(C)c(-c2csc(Nc3ccc4c(c3)OCO4)n2)c1. The normalized spacial score (nSPS) is 11.9. The van der Waals surface area contributed by atoms with Gasteiger partial charge in [-0.1, -0.05) is 17.7 Å². The molecule has 1 aliphatic heterocycles. The highest BCUT2D eigenvalue weighted by Gasteiger charge is 2.14. The Bertz CT molecular complexity index is 879. The van der Waals surface area contributed by atoms with Crippen molar-refractivity contribution in [3.8, 4) is 22.8 Å². The first-order valence-corrected chi connectivity index (χ1v) is 8.27. The average Bonchev–Trinajstić information content (AvgIpc) is 3.18. The lowest BCUT2D eigenvalue weighted by atomic mass is 10.0. The summed E-state index contributed by atoms with van der Waals surface area (Å²) in [6.07, 6.45) is 0. The van der Waals surface area contributed by atoms with Gasteiger partial charge in [-0.2, -0.15) is 0 Å². The number of fused-ring (bicyclic) bond motifs is 1. The first-order chi connectivity index (χ1) is 11.2. The predicted octanol–water partition coefficient (Wildman–Crippen LogP) is 5.48. The fraction of sp³-hybridized carbons (Fsp3) is 0.167. The van der Waals surface area contributed by atoms with Gasteiger partial charge in [-0.3, -0.25) is 0 Å². The molecule has 0 saturated heterocycles.